The third-order valence-electron chi connectivity index (χ3n) is 10.9. The Hall–Kier alpha value is -4.93. The summed E-state index contributed by atoms with van der Waals surface area (Å²) in [7, 11) is 1.12. The second-order valence-corrected chi connectivity index (χ2v) is 24.2. The van der Waals surface area contributed by atoms with E-state index >= 15 is 0 Å². The zero-order chi connectivity index (χ0) is 42.7. The first-order valence-corrected chi connectivity index (χ1v) is 23.6. The van der Waals surface area contributed by atoms with E-state index in [1.807, 2.05) is 88.3 Å². The quantitative estimate of drug-likeness (QED) is 0.0780. The van der Waals surface area contributed by atoms with Gasteiger partial charge in [-0.25, -0.2) is 4.98 Å². The van der Waals surface area contributed by atoms with Crippen LogP contribution in [0.2, 0.25) is 5.04 Å². The van der Waals surface area contributed by atoms with Crippen molar-refractivity contribution in [2.45, 2.75) is 76.9 Å². The number of amides is 1. The molecule has 0 spiro atoms. The predicted octanol–water partition coefficient (Wildman–Crippen LogP) is 7.61. The van der Waals surface area contributed by atoms with Gasteiger partial charge in [-0.1, -0.05) is 111 Å². The average Bonchev–Trinajstić information content (AvgIpc) is 3.85. The van der Waals surface area contributed by atoms with Crippen molar-refractivity contribution in [1.29, 1.82) is 0 Å². The monoisotopic (exact) mass is 840 g/mol. The molecule has 11 heteroatoms. The lowest BCUT2D eigenvalue weighted by atomic mass is 9.95. The van der Waals surface area contributed by atoms with E-state index in [2.05, 4.69) is 103 Å². The molecule has 7 rings (SSSR count). The van der Waals surface area contributed by atoms with E-state index in [0.29, 0.717) is 49.0 Å². The van der Waals surface area contributed by atoms with Gasteiger partial charge < -0.3 is 23.8 Å². The van der Waals surface area contributed by atoms with Crippen LogP contribution in [0.1, 0.15) is 86.7 Å². The van der Waals surface area contributed by atoms with Crippen molar-refractivity contribution in [3.63, 3.8) is 0 Å². The van der Waals surface area contributed by atoms with Gasteiger partial charge in [0, 0.05) is 41.2 Å². The molecule has 0 saturated heterocycles. The van der Waals surface area contributed by atoms with E-state index in [9.17, 15) is 9.35 Å². The minimum absolute atomic E-state index is 0.180. The van der Waals surface area contributed by atoms with Gasteiger partial charge >= 0.3 is 0 Å². The maximum Gasteiger partial charge on any atom is 0.270 e. The summed E-state index contributed by atoms with van der Waals surface area (Å²) in [5.74, 6) is 7.60. The molecule has 0 aliphatic carbocycles. The first-order chi connectivity index (χ1) is 28.7. The van der Waals surface area contributed by atoms with Crippen LogP contribution in [0.4, 0.5) is 0 Å². The molecule has 2 aliphatic heterocycles. The lowest BCUT2D eigenvalue weighted by Crippen LogP contribution is -2.66. The van der Waals surface area contributed by atoms with Crippen molar-refractivity contribution in [3.05, 3.63) is 137 Å². The summed E-state index contributed by atoms with van der Waals surface area (Å²) >= 11 is -1.39. The molecule has 0 radical (unpaired) electrons. The molecule has 0 saturated carbocycles. The molecule has 0 unspecified atom stereocenters. The fraction of sp³-hybridized carbons (Fsp3) is 0.347. The fourth-order valence-corrected chi connectivity index (χ4v) is 14.1. The van der Waals surface area contributed by atoms with Gasteiger partial charge in [0.15, 0.2) is 11.5 Å². The number of ether oxygens (including phenoxy) is 2. The number of nitrogens with one attached hydrogen (secondary N) is 1. The molecule has 0 fully saturated rings. The highest BCUT2D eigenvalue weighted by Crippen LogP contribution is 2.46. The van der Waals surface area contributed by atoms with E-state index in [1.165, 1.54) is 10.4 Å². The zero-order valence-corrected chi connectivity index (χ0v) is 37.8. The van der Waals surface area contributed by atoms with Crippen LogP contribution in [0.15, 0.2) is 109 Å². The molecule has 1 N–H and O–H groups in total. The van der Waals surface area contributed by atoms with E-state index in [1.54, 1.807) is 0 Å². The number of aromatic nitrogens is 1. The van der Waals surface area contributed by atoms with Gasteiger partial charge in [0.1, 0.15) is 10.4 Å². The van der Waals surface area contributed by atoms with Gasteiger partial charge in [-0.15, -0.1) is 4.31 Å². The number of pyridine rings is 1. The molecule has 2 atom stereocenters. The molecule has 2 aliphatic rings. The van der Waals surface area contributed by atoms with Crippen LogP contribution in [0, 0.1) is 11.8 Å². The van der Waals surface area contributed by atoms with Crippen LogP contribution in [0.3, 0.4) is 0 Å². The van der Waals surface area contributed by atoms with Crippen LogP contribution in [-0.2, 0) is 28.9 Å². The third-order valence-corrected chi connectivity index (χ3v) is 17.8. The van der Waals surface area contributed by atoms with Crippen molar-refractivity contribution in [3.8, 4) is 34.6 Å². The smallest absolute Gasteiger partial charge is 0.270 e. The summed E-state index contributed by atoms with van der Waals surface area (Å²) in [6.07, 6.45) is 0.561. The lowest BCUT2D eigenvalue weighted by molar-refractivity contribution is 0.0945. The lowest BCUT2D eigenvalue weighted by Gasteiger charge is -2.43. The van der Waals surface area contributed by atoms with Crippen molar-refractivity contribution in [1.82, 2.24) is 19.5 Å². The standard InChI is InChI=1S/C49H56N4O5SSi/c1-48(2,3)59(55)53-33-38-31-41(47(54)50-32-36-24-25-43-44(30-36)57-34-56-43)51-46(37-19-15-17-35(29-37)18-16-27-52(7)8)45(38)42(53)26-28-58-60(49(4,5)6,39-20-11-9-12-21-39)40-22-13-10-14-23-40/h9-15,17,19-25,29-31,42H,26-28,32-34H2,1-8H3,(H,50,54)/t42-,59+/m1/s1. The number of carbonyl (C=O) groups excluding carboxylic acids is 1. The summed E-state index contributed by atoms with van der Waals surface area (Å²) in [5, 5.41) is 5.28. The second-order valence-electron chi connectivity index (χ2n) is 17.7. The third kappa shape index (κ3) is 9.20. The topological polar surface area (TPSA) is 99.2 Å². The Morgan fingerprint density at radius 3 is 2.25 bits per heavy atom. The summed E-state index contributed by atoms with van der Waals surface area (Å²) in [5.41, 5.74) is 5.43. The van der Waals surface area contributed by atoms with E-state index in [-0.39, 0.29) is 30.3 Å². The van der Waals surface area contributed by atoms with Gasteiger partial charge in [-0.2, -0.15) is 0 Å². The number of fused-ring (bicyclic) bond motifs is 2. The summed E-state index contributed by atoms with van der Waals surface area (Å²) in [6.45, 7) is 14.7. The number of carbonyl (C=O) groups is 1. The van der Waals surface area contributed by atoms with Gasteiger partial charge in [-0.3, -0.25) is 9.69 Å². The van der Waals surface area contributed by atoms with Crippen molar-refractivity contribution < 1.29 is 23.2 Å². The number of hydrogen-bond donors (Lipinski definition) is 1. The minimum atomic E-state index is -2.87. The normalized spacial score (nSPS) is 15.7. The zero-order valence-electron chi connectivity index (χ0n) is 36.0. The number of nitrogens with zero attached hydrogens (tertiary/aromatic N) is 3. The molecule has 4 aromatic carbocycles. The summed E-state index contributed by atoms with van der Waals surface area (Å²) in [6, 6.07) is 36.5. The number of benzene rings is 4. The van der Waals surface area contributed by atoms with Crippen molar-refractivity contribution >= 4 is 36.0 Å². The first-order valence-electron chi connectivity index (χ1n) is 20.5. The molecule has 1 aromatic heterocycles. The second kappa shape index (κ2) is 18.0. The van der Waals surface area contributed by atoms with Gasteiger partial charge in [0.05, 0.1) is 24.8 Å². The highest BCUT2D eigenvalue weighted by atomic mass is 32.2. The largest absolute Gasteiger partial charge is 0.597 e. The Bertz CT molecular complexity index is 2330. The van der Waals surface area contributed by atoms with Crippen LogP contribution in [0.25, 0.3) is 11.3 Å². The maximum absolute atomic E-state index is 14.6. The highest BCUT2D eigenvalue weighted by molar-refractivity contribution is 7.90. The van der Waals surface area contributed by atoms with Crippen molar-refractivity contribution in [2.24, 2.45) is 0 Å². The SMILES string of the molecule is CN(C)CC#Cc1cccc(-c2nc(C(=O)NCc3ccc4c(c3)OCO4)cc3c2[C@@H](CCO[Si](c2ccccc2)(c2ccccc2)C(C)(C)C)N([S@@+]([O-])C(C)(C)C)C3)c1. The van der Waals surface area contributed by atoms with E-state index < -0.39 is 24.4 Å². The van der Waals surface area contributed by atoms with Crippen molar-refractivity contribution in [2.75, 3.05) is 34.0 Å². The Kier molecular flexibility index (Phi) is 12.9. The molecule has 3 heterocycles. The van der Waals surface area contributed by atoms with Gasteiger partial charge in [0.25, 0.3) is 14.2 Å². The van der Waals surface area contributed by atoms with Gasteiger partial charge in [0.2, 0.25) is 6.79 Å². The van der Waals surface area contributed by atoms with E-state index in [4.69, 9.17) is 18.9 Å². The number of hydrogen-bond acceptors (Lipinski definition) is 8. The molecule has 5 aromatic rings. The molecule has 0 bridgehead atoms. The maximum atomic E-state index is 14.6. The Morgan fingerprint density at radius 1 is 0.917 bits per heavy atom. The van der Waals surface area contributed by atoms with Crippen LogP contribution in [-0.4, -0.2) is 71.8 Å². The Morgan fingerprint density at radius 2 is 1.60 bits per heavy atom. The number of rotatable bonds is 12. The van der Waals surface area contributed by atoms with Gasteiger partial charge in [-0.05, 0) is 98.2 Å². The fourth-order valence-electron chi connectivity index (χ4n) is 8.14. The minimum Gasteiger partial charge on any atom is -0.597 e. The van der Waals surface area contributed by atoms with Crippen LogP contribution < -0.4 is 25.2 Å². The summed E-state index contributed by atoms with van der Waals surface area (Å²) < 4.78 is 34.6. The average molecular weight is 841 g/mol. The Labute approximate surface area is 359 Å². The molecule has 312 valence electrons. The molecule has 1 amide bonds. The first kappa shape index (κ1) is 43.2. The molecule has 60 heavy (non-hydrogen) atoms. The van der Waals surface area contributed by atoms with Crippen LogP contribution >= 0.6 is 0 Å². The molecular formula is C49H56N4O5SSi. The highest BCUT2D eigenvalue weighted by Gasteiger charge is 2.51. The molecular weight excluding hydrogens is 785 g/mol. The summed E-state index contributed by atoms with van der Waals surface area (Å²) in [4.78, 5) is 21.3. The Balaban J connectivity index is 1.30. The van der Waals surface area contributed by atoms with Crippen LogP contribution in [0.5, 0.6) is 11.5 Å². The molecule has 9 nitrogen and oxygen atoms in total. The predicted molar refractivity (Wildman–Crippen MR) is 243 cm³/mol. The van der Waals surface area contributed by atoms with E-state index in [0.717, 1.165) is 27.8 Å².